The van der Waals surface area contributed by atoms with Crippen LogP contribution in [0.3, 0.4) is 0 Å². The SMILES string of the molecule is CO/N=C1/N=CCc2c1ccn2[C@@H]1O[C@H]([C@H](O)c2ccc(Cl)cc2)[C@@](C)(O)[C@H]1O. The van der Waals surface area contributed by atoms with E-state index >= 15 is 0 Å². The highest BCUT2D eigenvalue weighted by atomic mass is 35.5. The third kappa shape index (κ3) is 3.37. The van der Waals surface area contributed by atoms with Gasteiger partial charge in [-0.05, 0) is 30.7 Å². The summed E-state index contributed by atoms with van der Waals surface area (Å²) in [5.41, 5.74) is 0.417. The molecule has 2 aromatic rings. The number of nitrogens with zero attached hydrogens (tertiary/aromatic N) is 3. The van der Waals surface area contributed by atoms with Gasteiger partial charge in [0.15, 0.2) is 12.1 Å². The van der Waals surface area contributed by atoms with Gasteiger partial charge in [0.2, 0.25) is 0 Å². The molecular formula is C20H22ClN3O5. The molecule has 3 N–H and O–H groups in total. The number of oxime groups is 1. The summed E-state index contributed by atoms with van der Waals surface area (Å²) in [5.74, 6) is 0.421. The lowest BCUT2D eigenvalue weighted by atomic mass is 9.88. The zero-order valence-corrected chi connectivity index (χ0v) is 16.7. The maximum atomic E-state index is 11.0. The average molecular weight is 420 g/mol. The van der Waals surface area contributed by atoms with Crippen LogP contribution in [0.5, 0.6) is 0 Å². The molecule has 1 saturated heterocycles. The predicted octanol–water partition coefficient (Wildman–Crippen LogP) is 1.82. The summed E-state index contributed by atoms with van der Waals surface area (Å²) in [6.45, 7) is 1.46. The first kappa shape index (κ1) is 20.1. The standard InChI is InChI=1S/C20H22ClN3O5/c1-20(27)16(26)19(29-17(20)15(25)11-3-5-12(21)6-4-11)24-10-8-13-14(24)7-9-22-18(13)23-28-2/h3-6,8-10,15-17,19,25-27H,7H2,1-2H3/b23-18+/t15-,16+,17-,19-,20+/m1/s1. The summed E-state index contributed by atoms with van der Waals surface area (Å²) in [5, 5.41) is 37.1. The summed E-state index contributed by atoms with van der Waals surface area (Å²) >= 11 is 5.91. The van der Waals surface area contributed by atoms with Crippen LogP contribution in [0.2, 0.25) is 5.02 Å². The Morgan fingerprint density at radius 1 is 1.34 bits per heavy atom. The first-order chi connectivity index (χ1) is 13.8. The van der Waals surface area contributed by atoms with Gasteiger partial charge in [-0.3, -0.25) is 0 Å². The number of fused-ring (bicyclic) bond motifs is 1. The molecule has 0 bridgehead atoms. The molecule has 2 aliphatic rings. The molecule has 0 unspecified atom stereocenters. The molecule has 29 heavy (non-hydrogen) atoms. The van der Waals surface area contributed by atoms with Gasteiger partial charge in [0.05, 0.1) is 0 Å². The maximum Gasteiger partial charge on any atom is 0.200 e. The average Bonchev–Trinajstić information content (AvgIpc) is 3.22. The van der Waals surface area contributed by atoms with Crippen molar-refractivity contribution in [1.82, 2.24) is 4.57 Å². The third-order valence-electron chi connectivity index (χ3n) is 5.44. The fourth-order valence-electron chi connectivity index (χ4n) is 3.85. The largest absolute Gasteiger partial charge is 0.397 e. The van der Waals surface area contributed by atoms with Crippen LogP contribution in [-0.2, 0) is 16.0 Å². The van der Waals surface area contributed by atoms with Crippen molar-refractivity contribution in [2.24, 2.45) is 10.1 Å². The lowest BCUT2D eigenvalue weighted by Crippen LogP contribution is -2.47. The number of rotatable bonds is 4. The van der Waals surface area contributed by atoms with E-state index in [0.29, 0.717) is 22.8 Å². The molecule has 0 amide bonds. The second-order valence-electron chi connectivity index (χ2n) is 7.31. The Morgan fingerprint density at radius 2 is 2.07 bits per heavy atom. The molecule has 154 valence electrons. The molecule has 1 fully saturated rings. The molecule has 4 rings (SSSR count). The molecule has 0 saturated carbocycles. The first-order valence-electron chi connectivity index (χ1n) is 9.17. The Bertz CT molecular complexity index is 954. The van der Waals surface area contributed by atoms with Crippen molar-refractivity contribution >= 4 is 23.7 Å². The number of halogens is 1. The van der Waals surface area contributed by atoms with E-state index in [0.717, 1.165) is 11.3 Å². The smallest absolute Gasteiger partial charge is 0.200 e. The highest BCUT2D eigenvalue weighted by Crippen LogP contribution is 2.43. The fraction of sp³-hybridized carbons (Fsp3) is 0.400. The van der Waals surface area contributed by atoms with Crippen molar-refractivity contribution in [2.75, 3.05) is 7.11 Å². The van der Waals surface area contributed by atoms with Crippen LogP contribution in [0.25, 0.3) is 0 Å². The van der Waals surface area contributed by atoms with E-state index in [4.69, 9.17) is 21.2 Å². The van der Waals surface area contributed by atoms with Crippen molar-refractivity contribution < 1.29 is 24.9 Å². The van der Waals surface area contributed by atoms with Crippen molar-refractivity contribution in [1.29, 1.82) is 0 Å². The minimum Gasteiger partial charge on any atom is -0.397 e. The van der Waals surface area contributed by atoms with Gasteiger partial charge in [0, 0.05) is 35.1 Å². The molecule has 1 aromatic heterocycles. The predicted molar refractivity (Wildman–Crippen MR) is 107 cm³/mol. The quantitative estimate of drug-likeness (QED) is 0.655. The van der Waals surface area contributed by atoms with E-state index in [9.17, 15) is 15.3 Å². The summed E-state index contributed by atoms with van der Waals surface area (Å²) in [6.07, 6.45) is -0.429. The highest BCUT2D eigenvalue weighted by molar-refractivity contribution is 6.30. The molecular weight excluding hydrogens is 398 g/mol. The summed E-state index contributed by atoms with van der Waals surface area (Å²) in [7, 11) is 1.44. The summed E-state index contributed by atoms with van der Waals surface area (Å²) < 4.78 is 7.74. The van der Waals surface area contributed by atoms with Gasteiger partial charge in [-0.25, -0.2) is 4.99 Å². The van der Waals surface area contributed by atoms with Gasteiger partial charge in [0.25, 0.3) is 0 Å². The van der Waals surface area contributed by atoms with Gasteiger partial charge in [0.1, 0.15) is 31.0 Å². The van der Waals surface area contributed by atoms with Crippen molar-refractivity contribution in [2.45, 2.75) is 43.5 Å². The topological polar surface area (TPSA) is 109 Å². The van der Waals surface area contributed by atoms with Crippen molar-refractivity contribution in [3.8, 4) is 0 Å². The highest BCUT2D eigenvalue weighted by Gasteiger charge is 2.56. The fourth-order valence-corrected chi connectivity index (χ4v) is 3.98. The zero-order chi connectivity index (χ0) is 20.8. The number of aromatic nitrogens is 1. The van der Waals surface area contributed by atoms with Gasteiger partial charge < -0.3 is 29.5 Å². The second-order valence-corrected chi connectivity index (χ2v) is 7.75. The normalized spacial score (nSPS) is 31.1. The van der Waals surface area contributed by atoms with E-state index in [2.05, 4.69) is 10.1 Å². The first-order valence-corrected chi connectivity index (χ1v) is 9.55. The minimum absolute atomic E-state index is 0.421. The number of aliphatic hydroxyl groups is 3. The van der Waals surface area contributed by atoms with Crippen molar-refractivity contribution in [3.05, 3.63) is 58.4 Å². The van der Waals surface area contributed by atoms with E-state index < -0.39 is 30.1 Å². The van der Waals surface area contributed by atoms with Crippen LogP contribution in [0.1, 0.15) is 36.1 Å². The molecule has 1 aromatic carbocycles. The number of benzene rings is 1. The molecule has 8 nitrogen and oxygen atoms in total. The second kappa shape index (κ2) is 7.55. The minimum atomic E-state index is -1.69. The van der Waals surface area contributed by atoms with Crippen LogP contribution in [0.15, 0.2) is 46.7 Å². The number of hydrogen-bond donors (Lipinski definition) is 3. The molecule has 9 heteroatoms. The zero-order valence-electron chi connectivity index (χ0n) is 15.9. The van der Waals surface area contributed by atoms with Crippen LogP contribution in [0.4, 0.5) is 0 Å². The van der Waals surface area contributed by atoms with Gasteiger partial charge in [-0.2, -0.15) is 0 Å². The Labute approximate surface area is 172 Å². The number of aliphatic hydroxyl groups excluding tert-OH is 2. The summed E-state index contributed by atoms with van der Waals surface area (Å²) in [6, 6.07) is 8.42. The van der Waals surface area contributed by atoms with Gasteiger partial charge in [-0.15, -0.1) is 0 Å². The monoisotopic (exact) mass is 419 g/mol. The van der Waals surface area contributed by atoms with Crippen LogP contribution in [0, 0.1) is 0 Å². The Hall–Kier alpha value is -2.23. The Balaban J connectivity index is 1.66. The van der Waals surface area contributed by atoms with Gasteiger partial charge in [-0.1, -0.05) is 28.9 Å². The van der Waals surface area contributed by atoms with Crippen molar-refractivity contribution in [3.63, 3.8) is 0 Å². The molecule has 0 aliphatic carbocycles. The van der Waals surface area contributed by atoms with Gasteiger partial charge >= 0.3 is 0 Å². The van der Waals surface area contributed by atoms with E-state index in [1.807, 2.05) is 0 Å². The molecule has 3 heterocycles. The number of amidine groups is 1. The number of ether oxygens (including phenoxy) is 1. The Morgan fingerprint density at radius 3 is 2.76 bits per heavy atom. The van der Waals surface area contributed by atoms with E-state index in [1.54, 1.807) is 47.3 Å². The molecule has 2 aliphatic heterocycles. The van der Waals surface area contributed by atoms with E-state index in [1.165, 1.54) is 14.0 Å². The molecule has 0 radical (unpaired) electrons. The van der Waals surface area contributed by atoms with E-state index in [-0.39, 0.29) is 0 Å². The van der Waals surface area contributed by atoms with Crippen LogP contribution >= 0.6 is 11.6 Å². The lowest BCUT2D eigenvalue weighted by molar-refractivity contribution is -0.115. The molecule has 0 spiro atoms. The third-order valence-corrected chi connectivity index (χ3v) is 5.70. The summed E-state index contributed by atoms with van der Waals surface area (Å²) in [4.78, 5) is 9.06. The molecule has 5 atom stereocenters. The maximum absolute atomic E-state index is 11.0. The number of hydrogen-bond acceptors (Lipinski definition) is 6. The Kier molecular flexibility index (Phi) is 5.22. The number of aliphatic imine (C=N–C) groups is 1. The van der Waals surface area contributed by atoms with Crippen LogP contribution in [-0.4, -0.2) is 56.9 Å². The lowest BCUT2D eigenvalue weighted by Gasteiger charge is -2.29. The van der Waals surface area contributed by atoms with Crippen LogP contribution < -0.4 is 0 Å².